The lowest BCUT2D eigenvalue weighted by molar-refractivity contribution is -0.125. The second-order valence-corrected chi connectivity index (χ2v) is 4.85. The molecule has 1 fully saturated rings. The number of amides is 1. The van der Waals surface area contributed by atoms with Crippen LogP contribution in [0.5, 0.6) is 0 Å². The van der Waals surface area contributed by atoms with Crippen molar-refractivity contribution < 1.29 is 9.90 Å². The fourth-order valence-corrected chi connectivity index (χ4v) is 2.18. The first-order valence-electron chi connectivity index (χ1n) is 6.20. The van der Waals surface area contributed by atoms with Crippen LogP contribution in [0.25, 0.3) is 6.08 Å². The van der Waals surface area contributed by atoms with Gasteiger partial charge in [0.15, 0.2) is 0 Å². The van der Waals surface area contributed by atoms with Gasteiger partial charge < -0.3 is 10.0 Å². The maximum atomic E-state index is 11.9. The van der Waals surface area contributed by atoms with Crippen molar-refractivity contribution in [2.75, 3.05) is 13.1 Å². The van der Waals surface area contributed by atoms with Gasteiger partial charge >= 0.3 is 0 Å². The molecule has 5 nitrogen and oxygen atoms in total. The van der Waals surface area contributed by atoms with E-state index in [1.165, 1.54) is 0 Å². The zero-order chi connectivity index (χ0) is 13.1. The summed E-state index contributed by atoms with van der Waals surface area (Å²) in [5, 5.41) is 13.5. The van der Waals surface area contributed by atoms with Crippen molar-refractivity contribution in [3.05, 3.63) is 24.0 Å². The van der Waals surface area contributed by atoms with E-state index in [-0.39, 0.29) is 17.9 Å². The first-order valence-corrected chi connectivity index (χ1v) is 6.20. The minimum Gasteiger partial charge on any atom is -0.393 e. The molecule has 0 radical (unpaired) electrons. The van der Waals surface area contributed by atoms with E-state index in [1.807, 2.05) is 13.2 Å². The Kier molecular flexibility index (Phi) is 3.81. The van der Waals surface area contributed by atoms with Crippen LogP contribution in [0.2, 0.25) is 0 Å². The fraction of sp³-hybridized carbons (Fsp3) is 0.538. The quantitative estimate of drug-likeness (QED) is 0.801. The second kappa shape index (κ2) is 5.35. The predicted molar refractivity (Wildman–Crippen MR) is 68.6 cm³/mol. The van der Waals surface area contributed by atoms with Gasteiger partial charge in [0.1, 0.15) is 0 Å². The van der Waals surface area contributed by atoms with E-state index in [4.69, 9.17) is 0 Å². The number of carbonyl (C=O) groups is 1. The Morgan fingerprint density at radius 1 is 1.67 bits per heavy atom. The monoisotopic (exact) mass is 249 g/mol. The minimum absolute atomic E-state index is 0.00185. The van der Waals surface area contributed by atoms with Crippen LogP contribution in [-0.2, 0) is 11.8 Å². The number of hydrogen-bond donors (Lipinski definition) is 1. The number of rotatable bonds is 3. The molecule has 2 heterocycles. The molecule has 0 bridgehead atoms. The first-order chi connectivity index (χ1) is 8.56. The number of aromatic nitrogens is 2. The van der Waals surface area contributed by atoms with E-state index in [2.05, 4.69) is 5.10 Å². The summed E-state index contributed by atoms with van der Waals surface area (Å²) in [4.78, 5) is 13.7. The third-order valence-electron chi connectivity index (χ3n) is 3.36. The van der Waals surface area contributed by atoms with Gasteiger partial charge in [0.25, 0.3) is 0 Å². The zero-order valence-electron chi connectivity index (χ0n) is 10.8. The summed E-state index contributed by atoms with van der Waals surface area (Å²) in [7, 11) is 1.84. The van der Waals surface area contributed by atoms with Crippen molar-refractivity contribution in [3.8, 4) is 0 Å². The lowest BCUT2D eigenvalue weighted by Crippen LogP contribution is -2.28. The lowest BCUT2D eigenvalue weighted by atomic mass is 10.0. The highest BCUT2D eigenvalue weighted by molar-refractivity contribution is 5.91. The van der Waals surface area contributed by atoms with Gasteiger partial charge in [0.05, 0.1) is 12.3 Å². The molecule has 1 aliphatic rings. The average Bonchev–Trinajstić information content (AvgIpc) is 2.94. The summed E-state index contributed by atoms with van der Waals surface area (Å²) in [5.41, 5.74) is 0.914. The molecule has 2 atom stereocenters. The summed E-state index contributed by atoms with van der Waals surface area (Å²) in [6.45, 7) is 3.16. The molecule has 1 aromatic rings. The zero-order valence-corrected chi connectivity index (χ0v) is 10.8. The third kappa shape index (κ3) is 2.98. The number of carbonyl (C=O) groups excluding carboxylic acids is 1. The number of hydrogen-bond acceptors (Lipinski definition) is 3. The van der Waals surface area contributed by atoms with Gasteiger partial charge in [-0.25, -0.2) is 0 Å². The Morgan fingerprint density at radius 3 is 3.00 bits per heavy atom. The van der Waals surface area contributed by atoms with Gasteiger partial charge in [-0.1, -0.05) is 0 Å². The van der Waals surface area contributed by atoms with Crippen LogP contribution in [-0.4, -0.2) is 44.9 Å². The van der Waals surface area contributed by atoms with E-state index in [0.29, 0.717) is 6.54 Å². The Labute approximate surface area is 107 Å². The molecule has 0 aromatic carbocycles. The van der Waals surface area contributed by atoms with E-state index in [0.717, 1.165) is 18.5 Å². The molecule has 18 heavy (non-hydrogen) atoms. The molecule has 1 N–H and O–H groups in total. The SMILES string of the molecule is CC(O)C1CCN(C(=O)/C=C/c2cnn(C)c2)C1. The normalized spacial score (nSPS) is 21.7. The smallest absolute Gasteiger partial charge is 0.246 e. The maximum Gasteiger partial charge on any atom is 0.246 e. The highest BCUT2D eigenvalue weighted by atomic mass is 16.3. The Hall–Kier alpha value is -1.62. The molecular weight excluding hydrogens is 230 g/mol. The maximum absolute atomic E-state index is 11.9. The molecule has 1 aromatic heterocycles. The average molecular weight is 249 g/mol. The van der Waals surface area contributed by atoms with Crippen LogP contribution in [0, 0.1) is 5.92 Å². The largest absolute Gasteiger partial charge is 0.393 e. The van der Waals surface area contributed by atoms with Crippen LogP contribution in [0.1, 0.15) is 18.9 Å². The predicted octanol–water partition coefficient (Wildman–Crippen LogP) is 0.663. The van der Waals surface area contributed by atoms with Crippen molar-refractivity contribution in [2.24, 2.45) is 13.0 Å². The first kappa shape index (κ1) is 12.8. The van der Waals surface area contributed by atoms with Crippen molar-refractivity contribution in [2.45, 2.75) is 19.4 Å². The van der Waals surface area contributed by atoms with Gasteiger partial charge in [-0.15, -0.1) is 0 Å². The molecule has 0 aliphatic carbocycles. The van der Waals surface area contributed by atoms with Crippen LogP contribution in [0.15, 0.2) is 18.5 Å². The minimum atomic E-state index is -0.342. The van der Waals surface area contributed by atoms with Crippen molar-refractivity contribution >= 4 is 12.0 Å². The number of aliphatic hydroxyl groups is 1. The van der Waals surface area contributed by atoms with E-state index >= 15 is 0 Å². The number of aryl methyl sites for hydroxylation is 1. The number of nitrogens with zero attached hydrogens (tertiary/aromatic N) is 3. The van der Waals surface area contributed by atoms with E-state index < -0.39 is 0 Å². The number of aliphatic hydroxyl groups excluding tert-OH is 1. The summed E-state index contributed by atoms with van der Waals surface area (Å²) in [5.74, 6) is 0.211. The highest BCUT2D eigenvalue weighted by Crippen LogP contribution is 2.19. The molecule has 1 aliphatic heterocycles. The van der Waals surface area contributed by atoms with Crippen LogP contribution in [0.4, 0.5) is 0 Å². The summed E-state index contributed by atoms with van der Waals surface area (Å²) in [6.07, 6.45) is 7.44. The third-order valence-corrected chi connectivity index (χ3v) is 3.36. The van der Waals surface area contributed by atoms with Crippen molar-refractivity contribution in [3.63, 3.8) is 0 Å². The van der Waals surface area contributed by atoms with Crippen LogP contribution >= 0.6 is 0 Å². The van der Waals surface area contributed by atoms with Crippen LogP contribution < -0.4 is 0 Å². The Bertz CT molecular complexity index is 451. The van der Waals surface area contributed by atoms with Crippen molar-refractivity contribution in [1.82, 2.24) is 14.7 Å². The van der Waals surface area contributed by atoms with Gasteiger partial charge in [-0.05, 0) is 19.4 Å². The topological polar surface area (TPSA) is 58.4 Å². The fourth-order valence-electron chi connectivity index (χ4n) is 2.18. The molecule has 98 valence electrons. The van der Waals surface area contributed by atoms with Crippen LogP contribution in [0.3, 0.4) is 0 Å². The van der Waals surface area contributed by atoms with Gasteiger partial charge in [-0.2, -0.15) is 5.10 Å². The Morgan fingerprint density at radius 2 is 2.44 bits per heavy atom. The summed E-state index contributed by atoms with van der Waals surface area (Å²) >= 11 is 0. The molecular formula is C13H19N3O2. The summed E-state index contributed by atoms with van der Waals surface area (Å²) in [6, 6.07) is 0. The van der Waals surface area contributed by atoms with E-state index in [9.17, 15) is 9.90 Å². The molecule has 0 saturated carbocycles. The molecule has 0 spiro atoms. The van der Waals surface area contributed by atoms with Crippen molar-refractivity contribution in [1.29, 1.82) is 0 Å². The molecule has 2 rings (SSSR count). The van der Waals surface area contributed by atoms with Gasteiger partial charge in [0.2, 0.25) is 5.91 Å². The van der Waals surface area contributed by atoms with Gasteiger partial charge in [-0.3, -0.25) is 9.48 Å². The summed E-state index contributed by atoms with van der Waals surface area (Å²) < 4.78 is 1.70. The Balaban J connectivity index is 1.91. The van der Waals surface area contributed by atoms with E-state index in [1.54, 1.807) is 34.9 Å². The highest BCUT2D eigenvalue weighted by Gasteiger charge is 2.27. The lowest BCUT2D eigenvalue weighted by Gasteiger charge is -2.15. The number of likely N-dealkylation sites (tertiary alicyclic amines) is 1. The second-order valence-electron chi connectivity index (χ2n) is 4.85. The molecule has 2 unspecified atom stereocenters. The van der Waals surface area contributed by atoms with Gasteiger partial charge in [0, 0.05) is 43.9 Å². The molecule has 1 saturated heterocycles. The molecule has 5 heteroatoms. The standard InChI is InChI=1S/C13H19N3O2/c1-10(17)12-5-6-16(9-12)13(18)4-3-11-7-14-15(2)8-11/h3-4,7-8,10,12,17H,5-6,9H2,1-2H3/b4-3+. The molecule has 1 amide bonds.